The number of rotatable bonds is 1. The molecular formula is C13H26N2. The first-order valence-corrected chi connectivity index (χ1v) is 6.50. The fraction of sp³-hybridized carbons (Fsp3) is 1.00. The van der Waals surface area contributed by atoms with Gasteiger partial charge in [-0.25, -0.2) is 0 Å². The van der Waals surface area contributed by atoms with Crippen molar-refractivity contribution in [1.82, 2.24) is 10.2 Å². The second-order valence-electron chi connectivity index (χ2n) is 6.27. The lowest BCUT2D eigenvalue weighted by atomic mass is 9.82. The van der Waals surface area contributed by atoms with Crippen LogP contribution in [-0.2, 0) is 0 Å². The molecule has 2 heteroatoms. The van der Waals surface area contributed by atoms with E-state index >= 15 is 0 Å². The van der Waals surface area contributed by atoms with Crippen molar-refractivity contribution in [1.29, 1.82) is 0 Å². The topological polar surface area (TPSA) is 15.3 Å². The van der Waals surface area contributed by atoms with Crippen molar-refractivity contribution in [3.05, 3.63) is 0 Å². The maximum absolute atomic E-state index is 3.55. The zero-order valence-corrected chi connectivity index (χ0v) is 10.7. The fourth-order valence-corrected chi connectivity index (χ4v) is 3.52. The Morgan fingerprint density at radius 3 is 2.67 bits per heavy atom. The Morgan fingerprint density at radius 2 is 2.07 bits per heavy atom. The van der Waals surface area contributed by atoms with Crippen LogP contribution in [0.1, 0.15) is 40.5 Å². The average molecular weight is 210 g/mol. The van der Waals surface area contributed by atoms with E-state index in [1.807, 2.05) is 0 Å². The molecule has 2 saturated heterocycles. The highest BCUT2D eigenvalue weighted by molar-refractivity contribution is 5.00. The van der Waals surface area contributed by atoms with E-state index < -0.39 is 0 Å². The van der Waals surface area contributed by atoms with Crippen LogP contribution in [0.25, 0.3) is 0 Å². The van der Waals surface area contributed by atoms with E-state index in [9.17, 15) is 0 Å². The summed E-state index contributed by atoms with van der Waals surface area (Å²) in [5, 5.41) is 3.55. The predicted molar refractivity (Wildman–Crippen MR) is 65.0 cm³/mol. The van der Waals surface area contributed by atoms with Crippen LogP contribution >= 0.6 is 0 Å². The minimum absolute atomic E-state index is 0.438. The van der Waals surface area contributed by atoms with Crippen molar-refractivity contribution < 1.29 is 0 Å². The van der Waals surface area contributed by atoms with E-state index in [4.69, 9.17) is 0 Å². The Labute approximate surface area is 94.4 Å². The molecule has 2 nitrogen and oxygen atoms in total. The molecule has 88 valence electrons. The molecule has 0 saturated carbocycles. The summed E-state index contributed by atoms with van der Waals surface area (Å²) in [6.45, 7) is 13.2. The molecule has 0 aromatic rings. The molecule has 0 aromatic heterocycles. The summed E-state index contributed by atoms with van der Waals surface area (Å²) in [6.07, 6.45) is 2.80. The summed E-state index contributed by atoms with van der Waals surface area (Å²) in [6, 6.07) is 1.60. The molecule has 2 aliphatic heterocycles. The Bertz CT molecular complexity index is 219. The third-order valence-corrected chi connectivity index (χ3v) is 4.31. The van der Waals surface area contributed by atoms with Crippen LogP contribution in [0.4, 0.5) is 0 Å². The lowest BCUT2D eigenvalue weighted by Crippen LogP contribution is -2.49. The van der Waals surface area contributed by atoms with Crippen LogP contribution in [0.3, 0.4) is 0 Å². The molecule has 2 aliphatic rings. The SMILES string of the molecule is CCN1C2CNCCC2CC1C(C)(C)C. The first-order valence-electron chi connectivity index (χ1n) is 6.50. The van der Waals surface area contributed by atoms with Gasteiger partial charge in [-0.1, -0.05) is 27.7 Å². The molecule has 0 radical (unpaired) electrons. The number of nitrogens with one attached hydrogen (secondary N) is 1. The molecule has 2 heterocycles. The molecule has 0 aliphatic carbocycles. The second kappa shape index (κ2) is 4.06. The lowest BCUT2D eigenvalue weighted by molar-refractivity contribution is 0.105. The molecule has 0 spiro atoms. The smallest absolute Gasteiger partial charge is 0.0252 e. The van der Waals surface area contributed by atoms with Gasteiger partial charge in [0.05, 0.1) is 0 Å². The predicted octanol–water partition coefficient (Wildman–Crippen LogP) is 2.10. The van der Waals surface area contributed by atoms with Gasteiger partial charge in [0, 0.05) is 18.6 Å². The van der Waals surface area contributed by atoms with Gasteiger partial charge in [0.1, 0.15) is 0 Å². The fourth-order valence-electron chi connectivity index (χ4n) is 3.52. The maximum atomic E-state index is 3.55. The van der Waals surface area contributed by atoms with E-state index in [1.165, 1.54) is 32.5 Å². The number of hydrogen-bond acceptors (Lipinski definition) is 2. The number of hydrogen-bond donors (Lipinski definition) is 1. The quantitative estimate of drug-likeness (QED) is 0.713. The summed E-state index contributed by atoms with van der Waals surface area (Å²) < 4.78 is 0. The molecule has 0 aromatic carbocycles. The number of likely N-dealkylation sites (N-methyl/N-ethyl adjacent to an activating group) is 1. The zero-order chi connectivity index (χ0) is 11.1. The number of piperidine rings is 1. The Kier molecular flexibility index (Phi) is 3.09. The van der Waals surface area contributed by atoms with Crippen LogP contribution in [0, 0.1) is 11.3 Å². The van der Waals surface area contributed by atoms with E-state index in [-0.39, 0.29) is 0 Å². The standard InChI is InChI=1S/C13H26N2/c1-5-15-11-9-14-7-6-10(11)8-12(15)13(2,3)4/h10-12,14H,5-9H2,1-4H3. The van der Waals surface area contributed by atoms with Gasteiger partial charge in [0.15, 0.2) is 0 Å². The highest BCUT2D eigenvalue weighted by Gasteiger charge is 2.45. The molecule has 2 fully saturated rings. The maximum Gasteiger partial charge on any atom is 0.0252 e. The number of likely N-dealkylation sites (tertiary alicyclic amines) is 1. The third kappa shape index (κ3) is 2.07. The molecule has 2 rings (SSSR count). The zero-order valence-electron chi connectivity index (χ0n) is 10.7. The molecule has 3 atom stereocenters. The van der Waals surface area contributed by atoms with Crippen LogP contribution < -0.4 is 5.32 Å². The van der Waals surface area contributed by atoms with Gasteiger partial charge in [-0.15, -0.1) is 0 Å². The second-order valence-corrected chi connectivity index (χ2v) is 6.27. The van der Waals surface area contributed by atoms with Crippen LogP contribution in [-0.4, -0.2) is 36.6 Å². The van der Waals surface area contributed by atoms with Gasteiger partial charge in [-0.2, -0.15) is 0 Å². The van der Waals surface area contributed by atoms with E-state index in [1.54, 1.807) is 0 Å². The molecule has 0 amide bonds. The van der Waals surface area contributed by atoms with E-state index in [2.05, 4.69) is 37.9 Å². The van der Waals surface area contributed by atoms with Gasteiger partial charge in [0.25, 0.3) is 0 Å². The van der Waals surface area contributed by atoms with Crippen molar-refractivity contribution in [3.8, 4) is 0 Å². The van der Waals surface area contributed by atoms with Crippen molar-refractivity contribution in [3.63, 3.8) is 0 Å². The summed E-state index contributed by atoms with van der Waals surface area (Å²) in [5.74, 6) is 0.954. The molecule has 0 bridgehead atoms. The lowest BCUT2D eigenvalue weighted by Gasteiger charge is -2.38. The van der Waals surface area contributed by atoms with Crippen molar-refractivity contribution in [2.75, 3.05) is 19.6 Å². The minimum Gasteiger partial charge on any atom is -0.315 e. The van der Waals surface area contributed by atoms with Gasteiger partial charge in [-0.05, 0) is 37.3 Å². The number of fused-ring (bicyclic) bond motifs is 1. The van der Waals surface area contributed by atoms with Crippen molar-refractivity contribution in [2.24, 2.45) is 11.3 Å². The highest BCUT2D eigenvalue weighted by atomic mass is 15.2. The van der Waals surface area contributed by atoms with E-state index in [0.717, 1.165) is 18.0 Å². The first-order chi connectivity index (χ1) is 7.04. The summed E-state index contributed by atoms with van der Waals surface area (Å²) in [7, 11) is 0. The van der Waals surface area contributed by atoms with Crippen LogP contribution in [0.2, 0.25) is 0 Å². The van der Waals surface area contributed by atoms with Gasteiger partial charge < -0.3 is 5.32 Å². The summed E-state index contributed by atoms with van der Waals surface area (Å²) in [5.41, 5.74) is 0.438. The van der Waals surface area contributed by atoms with E-state index in [0.29, 0.717) is 5.41 Å². The average Bonchev–Trinajstić information content (AvgIpc) is 2.55. The normalized spacial score (nSPS) is 38.0. The summed E-state index contributed by atoms with van der Waals surface area (Å²) in [4.78, 5) is 2.75. The molecule has 15 heavy (non-hydrogen) atoms. The minimum atomic E-state index is 0.438. The highest BCUT2D eigenvalue weighted by Crippen LogP contribution is 2.41. The third-order valence-electron chi connectivity index (χ3n) is 4.31. The largest absolute Gasteiger partial charge is 0.315 e. The summed E-state index contributed by atoms with van der Waals surface area (Å²) >= 11 is 0. The van der Waals surface area contributed by atoms with Gasteiger partial charge >= 0.3 is 0 Å². The van der Waals surface area contributed by atoms with Crippen molar-refractivity contribution >= 4 is 0 Å². The monoisotopic (exact) mass is 210 g/mol. The molecule has 3 unspecified atom stereocenters. The molecular weight excluding hydrogens is 184 g/mol. The Hall–Kier alpha value is -0.0800. The molecule has 1 N–H and O–H groups in total. The van der Waals surface area contributed by atoms with Crippen LogP contribution in [0.15, 0.2) is 0 Å². The van der Waals surface area contributed by atoms with Crippen molar-refractivity contribution in [2.45, 2.75) is 52.6 Å². The Balaban J connectivity index is 2.14. The first kappa shape index (κ1) is 11.4. The van der Waals surface area contributed by atoms with Gasteiger partial charge in [0.2, 0.25) is 0 Å². The van der Waals surface area contributed by atoms with Crippen LogP contribution in [0.5, 0.6) is 0 Å². The van der Waals surface area contributed by atoms with Gasteiger partial charge in [-0.3, -0.25) is 4.90 Å². The Morgan fingerprint density at radius 1 is 1.33 bits per heavy atom. The number of nitrogens with zero attached hydrogens (tertiary/aromatic N) is 1.